The van der Waals surface area contributed by atoms with Crippen molar-refractivity contribution in [1.82, 2.24) is 5.32 Å². The molecule has 3 N–H and O–H groups in total. The Bertz CT molecular complexity index is 913. The SMILES string of the molecule is CCCCCCCCCCCCCCCC(O)C(CO)NC(=O)CCCCCCCCCCCCCCCCCCCCCCCCCOC(=O)CCCCCCCCCCCCC. The van der Waals surface area contributed by atoms with E-state index in [1.54, 1.807) is 0 Å². The highest BCUT2D eigenvalue weighted by atomic mass is 16.5. The van der Waals surface area contributed by atoms with E-state index in [1.807, 2.05) is 0 Å². The minimum Gasteiger partial charge on any atom is -0.466 e. The average Bonchev–Trinajstić information content (AvgIpc) is 3.29. The molecule has 6 heteroatoms. The molecule has 0 aliphatic carbocycles. The summed E-state index contributed by atoms with van der Waals surface area (Å²) >= 11 is 0. The standard InChI is InChI=1S/C58H115NO5/c1-3-5-7-9-11-13-15-27-31-34-38-42-46-50-56(61)55(54-60)59-57(62)51-47-43-39-35-32-28-25-23-21-19-17-16-18-20-22-24-26-29-33-37-41-45-49-53-64-58(63)52-48-44-40-36-30-14-12-10-8-6-4-2/h55-56,60-61H,3-54H2,1-2H3,(H,59,62). The zero-order chi connectivity index (χ0) is 46.5. The Balaban J connectivity index is 3.35. The largest absolute Gasteiger partial charge is 0.466 e. The number of nitrogens with one attached hydrogen (secondary N) is 1. The molecule has 1 amide bonds. The second-order valence-electron chi connectivity index (χ2n) is 20.3. The summed E-state index contributed by atoms with van der Waals surface area (Å²) in [6, 6.07) is -0.538. The van der Waals surface area contributed by atoms with Crippen molar-refractivity contribution in [2.75, 3.05) is 13.2 Å². The molecule has 0 spiro atoms. The third kappa shape index (κ3) is 50.3. The Labute approximate surface area is 400 Å². The van der Waals surface area contributed by atoms with Gasteiger partial charge in [-0.1, -0.05) is 296 Å². The van der Waals surface area contributed by atoms with E-state index in [0.29, 0.717) is 25.9 Å². The van der Waals surface area contributed by atoms with Gasteiger partial charge in [-0.3, -0.25) is 9.59 Å². The molecule has 0 aromatic carbocycles. The normalized spacial score (nSPS) is 12.5. The van der Waals surface area contributed by atoms with Crippen LogP contribution < -0.4 is 5.32 Å². The Morgan fingerprint density at radius 1 is 0.375 bits per heavy atom. The first kappa shape index (κ1) is 62.9. The molecular weight excluding hydrogens is 791 g/mol. The number of rotatable bonds is 55. The maximum Gasteiger partial charge on any atom is 0.305 e. The molecular formula is C58H115NO5. The van der Waals surface area contributed by atoms with Crippen LogP contribution in [0.4, 0.5) is 0 Å². The first-order chi connectivity index (χ1) is 31.5. The van der Waals surface area contributed by atoms with Gasteiger partial charge in [-0.05, 0) is 25.7 Å². The van der Waals surface area contributed by atoms with Crippen molar-refractivity contribution in [2.24, 2.45) is 0 Å². The van der Waals surface area contributed by atoms with Crippen molar-refractivity contribution >= 4 is 11.9 Å². The van der Waals surface area contributed by atoms with Crippen molar-refractivity contribution in [3.05, 3.63) is 0 Å². The fraction of sp³-hybridized carbons (Fsp3) is 0.966. The summed E-state index contributed by atoms with van der Waals surface area (Å²) in [7, 11) is 0. The Hall–Kier alpha value is -1.14. The number of carbonyl (C=O) groups is 2. The van der Waals surface area contributed by atoms with Crippen LogP contribution >= 0.6 is 0 Å². The van der Waals surface area contributed by atoms with Gasteiger partial charge in [-0.15, -0.1) is 0 Å². The van der Waals surface area contributed by atoms with Gasteiger partial charge in [0.1, 0.15) is 0 Å². The summed E-state index contributed by atoms with van der Waals surface area (Å²) < 4.78 is 5.47. The van der Waals surface area contributed by atoms with E-state index in [2.05, 4.69) is 19.2 Å². The van der Waals surface area contributed by atoms with Crippen molar-refractivity contribution in [3.8, 4) is 0 Å². The van der Waals surface area contributed by atoms with E-state index >= 15 is 0 Å². The lowest BCUT2D eigenvalue weighted by Gasteiger charge is -2.22. The van der Waals surface area contributed by atoms with Crippen LogP contribution in [0.25, 0.3) is 0 Å². The van der Waals surface area contributed by atoms with Gasteiger partial charge in [0.2, 0.25) is 5.91 Å². The number of aliphatic hydroxyl groups is 2. The molecule has 64 heavy (non-hydrogen) atoms. The molecule has 0 aliphatic heterocycles. The minimum atomic E-state index is -0.661. The second-order valence-corrected chi connectivity index (χ2v) is 20.3. The van der Waals surface area contributed by atoms with E-state index in [1.165, 1.54) is 263 Å². The molecule has 2 atom stereocenters. The highest BCUT2D eigenvalue weighted by molar-refractivity contribution is 5.76. The third-order valence-electron chi connectivity index (χ3n) is 13.9. The van der Waals surface area contributed by atoms with Crippen molar-refractivity contribution in [1.29, 1.82) is 0 Å². The topological polar surface area (TPSA) is 95.9 Å². The highest BCUT2D eigenvalue weighted by Gasteiger charge is 2.20. The van der Waals surface area contributed by atoms with Crippen LogP contribution in [-0.4, -0.2) is 47.4 Å². The number of amides is 1. The summed E-state index contributed by atoms with van der Waals surface area (Å²) in [5, 5.41) is 23.2. The lowest BCUT2D eigenvalue weighted by Crippen LogP contribution is -2.45. The summed E-state index contributed by atoms with van der Waals surface area (Å²) in [6.45, 7) is 4.97. The monoisotopic (exact) mass is 906 g/mol. The second kappa shape index (κ2) is 54.5. The predicted molar refractivity (Wildman–Crippen MR) is 278 cm³/mol. The molecule has 6 nitrogen and oxygen atoms in total. The molecule has 0 saturated heterocycles. The zero-order valence-corrected chi connectivity index (χ0v) is 43.5. The van der Waals surface area contributed by atoms with E-state index < -0.39 is 12.1 Å². The lowest BCUT2D eigenvalue weighted by molar-refractivity contribution is -0.143. The number of hydrogen-bond donors (Lipinski definition) is 3. The number of carbonyl (C=O) groups excluding carboxylic acids is 2. The molecule has 0 aromatic rings. The number of unbranched alkanes of at least 4 members (excludes halogenated alkanes) is 44. The maximum absolute atomic E-state index is 12.5. The molecule has 2 unspecified atom stereocenters. The van der Waals surface area contributed by atoms with Crippen LogP contribution in [0.5, 0.6) is 0 Å². The van der Waals surface area contributed by atoms with Crippen molar-refractivity contribution in [3.63, 3.8) is 0 Å². The van der Waals surface area contributed by atoms with Crippen LogP contribution in [-0.2, 0) is 14.3 Å². The molecule has 0 fully saturated rings. The smallest absolute Gasteiger partial charge is 0.305 e. The fourth-order valence-electron chi connectivity index (χ4n) is 9.41. The van der Waals surface area contributed by atoms with Gasteiger partial charge in [0.25, 0.3) is 0 Å². The molecule has 0 bridgehead atoms. The van der Waals surface area contributed by atoms with Crippen LogP contribution in [0.2, 0.25) is 0 Å². The van der Waals surface area contributed by atoms with Gasteiger partial charge in [-0.25, -0.2) is 0 Å². The van der Waals surface area contributed by atoms with Gasteiger partial charge in [0, 0.05) is 12.8 Å². The Morgan fingerprint density at radius 2 is 0.641 bits per heavy atom. The highest BCUT2D eigenvalue weighted by Crippen LogP contribution is 2.18. The Kier molecular flexibility index (Phi) is 53.5. The summed E-state index contributed by atoms with van der Waals surface area (Å²) in [5.74, 6) is -0.0178. The first-order valence-electron chi connectivity index (χ1n) is 29.3. The van der Waals surface area contributed by atoms with Gasteiger partial charge in [0.15, 0.2) is 0 Å². The van der Waals surface area contributed by atoms with E-state index in [0.717, 1.165) is 38.5 Å². The molecule has 0 radical (unpaired) electrons. The zero-order valence-electron chi connectivity index (χ0n) is 43.5. The minimum absolute atomic E-state index is 0.0148. The number of esters is 1. The van der Waals surface area contributed by atoms with Gasteiger partial charge >= 0.3 is 5.97 Å². The number of aliphatic hydroxyl groups excluding tert-OH is 2. The first-order valence-corrected chi connectivity index (χ1v) is 29.3. The van der Waals surface area contributed by atoms with Gasteiger partial charge < -0.3 is 20.3 Å². The molecule has 0 rings (SSSR count). The van der Waals surface area contributed by atoms with Gasteiger partial charge in [-0.2, -0.15) is 0 Å². The molecule has 0 saturated carbocycles. The van der Waals surface area contributed by atoms with Crippen LogP contribution in [0.1, 0.15) is 335 Å². The van der Waals surface area contributed by atoms with Crippen LogP contribution in [0.3, 0.4) is 0 Å². The summed E-state index contributed by atoms with van der Waals surface area (Å²) in [4.78, 5) is 24.4. The average molecular weight is 907 g/mol. The third-order valence-corrected chi connectivity index (χ3v) is 13.9. The van der Waals surface area contributed by atoms with Crippen molar-refractivity contribution < 1.29 is 24.5 Å². The number of ether oxygens (including phenoxy) is 1. The maximum atomic E-state index is 12.5. The summed E-state index contributed by atoms with van der Waals surface area (Å²) in [6.07, 6.45) is 62.4. The summed E-state index contributed by atoms with van der Waals surface area (Å²) in [5.41, 5.74) is 0. The molecule has 382 valence electrons. The fourth-order valence-corrected chi connectivity index (χ4v) is 9.41. The van der Waals surface area contributed by atoms with E-state index in [-0.39, 0.29) is 18.5 Å². The van der Waals surface area contributed by atoms with Gasteiger partial charge in [0.05, 0.1) is 25.4 Å². The quantitative estimate of drug-likeness (QED) is 0.0417. The van der Waals surface area contributed by atoms with Crippen LogP contribution in [0, 0.1) is 0 Å². The number of hydrogen-bond acceptors (Lipinski definition) is 5. The predicted octanol–water partition coefficient (Wildman–Crippen LogP) is 17.9. The molecule has 0 heterocycles. The van der Waals surface area contributed by atoms with Crippen molar-refractivity contribution in [2.45, 2.75) is 347 Å². The molecule has 0 aliphatic rings. The molecule has 0 aromatic heterocycles. The van der Waals surface area contributed by atoms with E-state index in [4.69, 9.17) is 4.74 Å². The lowest BCUT2D eigenvalue weighted by atomic mass is 10.0. The van der Waals surface area contributed by atoms with E-state index in [9.17, 15) is 19.8 Å². The van der Waals surface area contributed by atoms with Crippen LogP contribution in [0.15, 0.2) is 0 Å². The Morgan fingerprint density at radius 3 is 0.953 bits per heavy atom.